The molecule has 1 aliphatic heterocycles. The van der Waals surface area contributed by atoms with Crippen LogP contribution in [0.1, 0.15) is 64.7 Å². The third-order valence-electron chi connectivity index (χ3n) is 3.83. The number of carboxylic acids is 1. The van der Waals surface area contributed by atoms with Gasteiger partial charge in [-0.15, -0.1) is 0 Å². The molecular weight excluding hydrogens is 280 g/mol. The number of aliphatic carboxylic acids is 1. The first kappa shape index (κ1) is 18.9. The molecule has 1 heterocycles. The number of rotatable bonds is 13. The summed E-state index contributed by atoms with van der Waals surface area (Å²) in [4.78, 5) is 10.4. The summed E-state index contributed by atoms with van der Waals surface area (Å²) in [5, 5.41) is 18.6. The van der Waals surface area contributed by atoms with Crippen LogP contribution >= 0.6 is 0 Å². The second-order valence-corrected chi connectivity index (χ2v) is 5.88. The predicted octanol–water partition coefficient (Wildman–Crippen LogP) is 3.84. The monoisotopic (exact) mass is 310 g/mol. The molecule has 0 spiro atoms. The Kier molecular flexibility index (Phi) is 9.84. The molecule has 0 aromatic carbocycles. The van der Waals surface area contributed by atoms with E-state index in [2.05, 4.69) is 25.2 Å². The van der Waals surface area contributed by atoms with Gasteiger partial charge in [0.05, 0.1) is 6.10 Å². The Morgan fingerprint density at radius 3 is 2.59 bits per heavy atom. The van der Waals surface area contributed by atoms with Crippen LogP contribution in [0.4, 0.5) is 0 Å². The van der Waals surface area contributed by atoms with E-state index in [-0.39, 0.29) is 24.7 Å². The van der Waals surface area contributed by atoms with Gasteiger partial charge in [0.2, 0.25) is 0 Å². The third-order valence-corrected chi connectivity index (χ3v) is 3.83. The van der Waals surface area contributed by atoms with Crippen molar-refractivity contribution >= 4 is 5.97 Å². The van der Waals surface area contributed by atoms with E-state index in [1.165, 1.54) is 0 Å². The van der Waals surface area contributed by atoms with Gasteiger partial charge in [0.15, 0.2) is 0 Å². The highest BCUT2D eigenvalue weighted by Crippen LogP contribution is 2.29. The second-order valence-electron chi connectivity index (χ2n) is 5.88. The number of carbonyl (C=O) groups is 1. The lowest BCUT2D eigenvalue weighted by atomic mass is 10.0. The first-order valence-electron chi connectivity index (χ1n) is 8.52. The van der Waals surface area contributed by atoms with Crippen molar-refractivity contribution in [1.29, 1.82) is 0 Å². The average molecular weight is 310 g/mol. The van der Waals surface area contributed by atoms with Crippen LogP contribution < -0.4 is 0 Å². The Morgan fingerprint density at radius 1 is 1.14 bits per heavy atom. The molecule has 126 valence electrons. The van der Waals surface area contributed by atoms with Crippen LogP contribution in [0.15, 0.2) is 24.3 Å². The summed E-state index contributed by atoms with van der Waals surface area (Å²) in [5.74, 6) is -0.717. The van der Waals surface area contributed by atoms with Crippen molar-refractivity contribution < 1.29 is 19.7 Å². The van der Waals surface area contributed by atoms with Crippen LogP contribution in [-0.4, -0.2) is 34.5 Å². The summed E-state index contributed by atoms with van der Waals surface area (Å²) in [6, 6.07) is 0. The normalized spacial score (nSPS) is 22.5. The second kappa shape index (κ2) is 11.4. The maximum Gasteiger partial charge on any atom is 0.303 e. The van der Waals surface area contributed by atoms with E-state index in [1.807, 2.05) is 6.08 Å². The number of ether oxygens (including phenoxy) is 1. The van der Waals surface area contributed by atoms with Gasteiger partial charge in [-0.25, -0.2) is 0 Å². The van der Waals surface area contributed by atoms with E-state index in [1.54, 1.807) is 0 Å². The first-order valence-corrected chi connectivity index (χ1v) is 8.52. The Morgan fingerprint density at radius 2 is 1.86 bits per heavy atom. The van der Waals surface area contributed by atoms with Crippen LogP contribution in [-0.2, 0) is 9.53 Å². The maximum absolute atomic E-state index is 10.4. The number of epoxide rings is 1. The molecule has 4 heteroatoms. The van der Waals surface area contributed by atoms with Crippen molar-refractivity contribution in [2.45, 2.75) is 83.0 Å². The topological polar surface area (TPSA) is 70.1 Å². The van der Waals surface area contributed by atoms with Crippen LogP contribution in [0.5, 0.6) is 0 Å². The molecule has 0 aliphatic carbocycles. The average Bonchev–Trinajstić information content (AvgIpc) is 3.25. The van der Waals surface area contributed by atoms with Crippen molar-refractivity contribution in [1.82, 2.24) is 0 Å². The van der Waals surface area contributed by atoms with Gasteiger partial charge in [-0.3, -0.25) is 4.79 Å². The summed E-state index contributed by atoms with van der Waals surface area (Å²) in [6.07, 6.45) is 15.9. The standard InChI is InChI=1S/C18H30O4/c1-2-3-4-6-10-13-16-18(22-16)15(19)12-9-7-5-8-11-14-17(20)21/h3-4,10,13,15-16,18-19H,2,5-9,11-12,14H2,1H3,(H,20,21)/b4-3-,13-10-/t15-,16-,18-/m0/s1. The fraction of sp³-hybridized carbons (Fsp3) is 0.722. The van der Waals surface area contributed by atoms with Gasteiger partial charge >= 0.3 is 5.97 Å². The van der Waals surface area contributed by atoms with E-state index in [0.717, 1.165) is 51.4 Å². The molecule has 3 atom stereocenters. The number of aliphatic hydroxyl groups excluding tert-OH is 1. The summed E-state index contributed by atoms with van der Waals surface area (Å²) >= 11 is 0. The molecule has 0 bridgehead atoms. The van der Waals surface area contributed by atoms with Crippen molar-refractivity contribution in [3.8, 4) is 0 Å². The quantitative estimate of drug-likeness (QED) is 0.308. The highest BCUT2D eigenvalue weighted by molar-refractivity contribution is 5.66. The number of unbranched alkanes of at least 4 members (excludes halogenated alkanes) is 4. The van der Waals surface area contributed by atoms with E-state index < -0.39 is 5.97 Å². The minimum absolute atomic E-state index is 0.0292. The highest BCUT2D eigenvalue weighted by Gasteiger charge is 2.41. The van der Waals surface area contributed by atoms with E-state index in [4.69, 9.17) is 9.84 Å². The van der Waals surface area contributed by atoms with Gasteiger partial charge in [0.1, 0.15) is 12.2 Å². The Bertz CT molecular complexity index is 362. The van der Waals surface area contributed by atoms with Gasteiger partial charge in [0.25, 0.3) is 0 Å². The zero-order valence-corrected chi connectivity index (χ0v) is 13.6. The molecule has 0 radical (unpaired) electrons. The molecule has 1 rings (SSSR count). The maximum atomic E-state index is 10.4. The molecule has 0 aromatic rings. The van der Waals surface area contributed by atoms with E-state index in [0.29, 0.717) is 0 Å². The summed E-state index contributed by atoms with van der Waals surface area (Å²) in [5.41, 5.74) is 0. The lowest BCUT2D eigenvalue weighted by molar-refractivity contribution is -0.137. The lowest BCUT2D eigenvalue weighted by Crippen LogP contribution is -2.16. The van der Waals surface area contributed by atoms with Crippen molar-refractivity contribution in [2.75, 3.05) is 0 Å². The van der Waals surface area contributed by atoms with Gasteiger partial charge in [-0.05, 0) is 25.7 Å². The van der Waals surface area contributed by atoms with Crippen molar-refractivity contribution in [2.24, 2.45) is 0 Å². The van der Waals surface area contributed by atoms with Gasteiger partial charge in [-0.2, -0.15) is 0 Å². The number of hydrogen-bond donors (Lipinski definition) is 2. The summed E-state index contributed by atoms with van der Waals surface area (Å²) < 4.78 is 5.48. The van der Waals surface area contributed by atoms with Gasteiger partial charge in [0, 0.05) is 6.42 Å². The smallest absolute Gasteiger partial charge is 0.303 e. The number of carboxylic acid groups (broad SMARTS) is 1. The number of allylic oxidation sites excluding steroid dienone is 3. The van der Waals surface area contributed by atoms with Crippen LogP contribution in [0, 0.1) is 0 Å². The lowest BCUT2D eigenvalue weighted by Gasteiger charge is -2.06. The van der Waals surface area contributed by atoms with Gasteiger partial charge < -0.3 is 14.9 Å². The first-order chi connectivity index (χ1) is 10.6. The zero-order valence-electron chi connectivity index (χ0n) is 13.6. The van der Waals surface area contributed by atoms with Gasteiger partial charge in [-0.1, -0.05) is 56.9 Å². The fourth-order valence-corrected chi connectivity index (χ4v) is 2.48. The zero-order chi connectivity index (χ0) is 16.2. The minimum Gasteiger partial charge on any atom is -0.481 e. The molecule has 4 nitrogen and oxygen atoms in total. The SMILES string of the molecule is CC/C=C\C/C=C\[C@@H]1O[C@H]1[C@@H](O)CCCCCCCC(=O)O. The highest BCUT2D eigenvalue weighted by atomic mass is 16.6. The Hall–Kier alpha value is -1.13. The van der Waals surface area contributed by atoms with Crippen LogP contribution in [0.3, 0.4) is 0 Å². The molecule has 1 saturated heterocycles. The Balaban J connectivity index is 1.97. The molecule has 0 saturated carbocycles. The molecular formula is C18H30O4. The molecule has 22 heavy (non-hydrogen) atoms. The van der Waals surface area contributed by atoms with E-state index >= 15 is 0 Å². The summed E-state index contributed by atoms with van der Waals surface area (Å²) in [6.45, 7) is 2.11. The molecule has 0 unspecified atom stereocenters. The van der Waals surface area contributed by atoms with E-state index in [9.17, 15) is 9.90 Å². The molecule has 1 fully saturated rings. The third kappa shape index (κ3) is 9.00. The summed E-state index contributed by atoms with van der Waals surface area (Å²) in [7, 11) is 0. The van der Waals surface area contributed by atoms with Crippen molar-refractivity contribution in [3.05, 3.63) is 24.3 Å². The predicted molar refractivity (Wildman–Crippen MR) is 87.8 cm³/mol. The molecule has 0 aromatic heterocycles. The molecule has 0 amide bonds. The minimum atomic E-state index is -0.717. The van der Waals surface area contributed by atoms with Crippen molar-refractivity contribution in [3.63, 3.8) is 0 Å². The number of hydrogen-bond acceptors (Lipinski definition) is 3. The Labute approximate surface area is 133 Å². The molecule has 2 N–H and O–H groups in total. The molecule has 1 aliphatic rings. The van der Waals surface area contributed by atoms with Crippen LogP contribution in [0.2, 0.25) is 0 Å². The number of aliphatic hydroxyl groups is 1. The largest absolute Gasteiger partial charge is 0.481 e. The fourth-order valence-electron chi connectivity index (χ4n) is 2.48. The van der Waals surface area contributed by atoms with Crippen LogP contribution in [0.25, 0.3) is 0 Å².